The fourth-order valence-corrected chi connectivity index (χ4v) is 3.04. The molecule has 0 bridgehead atoms. The molecule has 3 rings (SSSR count). The van der Waals surface area contributed by atoms with E-state index in [2.05, 4.69) is 27.3 Å². The standard InChI is InChI=1S/C20H26N4O/c1-23(2)18-10-7-16(8-11-18)22-17-9-12-19(21-15-17)20(25)24-13-5-3-4-6-14-24/h7-12,15,22H,3-6,13-14H2,1-2H3. The first kappa shape index (κ1) is 17.3. The third-order valence-electron chi connectivity index (χ3n) is 4.55. The SMILES string of the molecule is CN(C)c1ccc(Nc2ccc(C(=O)N3CCCCCC3)nc2)cc1. The molecule has 0 saturated carbocycles. The van der Waals surface area contributed by atoms with E-state index < -0.39 is 0 Å². The van der Waals surface area contributed by atoms with Gasteiger partial charge in [0.2, 0.25) is 0 Å². The van der Waals surface area contributed by atoms with E-state index in [9.17, 15) is 4.79 Å². The van der Waals surface area contributed by atoms with Gasteiger partial charge in [-0.1, -0.05) is 12.8 Å². The molecule has 0 unspecified atom stereocenters. The summed E-state index contributed by atoms with van der Waals surface area (Å²) in [5, 5.41) is 3.32. The van der Waals surface area contributed by atoms with Crippen LogP contribution in [0.15, 0.2) is 42.6 Å². The zero-order valence-electron chi connectivity index (χ0n) is 15.0. The Morgan fingerprint density at radius 3 is 2.16 bits per heavy atom. The number of nitrogens with zero attached hydrogens (tertiary/aromatic N) is 3. The van der Waals surface area contributed by atoms with Crippen molar-refractivity contribution >= 4 is 23.0 Å². The van der Waals surface area contributed by atoms with Gasteiger partial charge in [-0.2, -0.15) is 0 Å². The monoisotopic (exact) mass is 338 g/mol. The first-order valence-electron chi connectivity index (χ1n) is 8.93. The molecule has 1 aromatic heterocycles. The summed E-state index contributed by atoms with van der Waals surface area (Å²) >= 11 is 0. The summed E-state index contributed by atoms with van der Waals surface area (Å²) in [6.45, 7) is 1.69. The van der Waals surface area contributed by atoms with E-state index in [1.807, 2.05) is 43.3 Å². The van der Waals surface area contributed by atoms with E-state index in [-0.39, 0.29) is 5.91 Å². The van der Waals surface area contributed by atoms with E-state index in [0.717, 1.165) is 43.0 Å². The van der Waals surface area contributed by atoms with E-state index >= 15 is 0 Å². The van der Waals surface area contributed by atoms with Crippen molar-refractivity contribution in [2.24, 2.45) is 0 Å². The zero-order valence-corrected chi connectivity index (χ0v) is 15.0. The molecule has 1 N–H and O–H groups in total. The average molecular weight is 338 g/mol. The average Bonchev–Trinajstić information content (AvgIpc) is 2.92. The molecule has 2 aromatic rings. The van der Waals surface area contributed by atoms with Crippen LogP contribution in [-0.4, -0.2) is 43.0 Å². The molecule has 1 aliphatic heterocycles. The van der Waals surface area contributed by atoms with Crippen molar-refractivity contribution in [3.05, 3.63) is 48.3 Å². The summed E-state index contributed by atoms with van der Waals surface area (Å²) < 4.78 is 0. The minimum atomic E-state index is 0.0452. The van der Waals surface area contributed by atoms with Crippen LogP contribution in [0.25, 0.3) is 0 Å². The number of likely N-dealkylation sites (tertiary alicyclic amines) is 1. The first-order chi connectivity index (χ1) is 12.1. The van der Waals surface area contributed by atoms with Gasteiger partial charge in [-0.15, -0.1) is 0 Å². The largest absolute Gasteiger partial charge is 0.378 e. The van der Waals surface area contributed by atoms with Crippen molar-refractivity contribution in [1.29, 1.82) is 0 Å². The van der Waals surface area contributed by atoms with Gasteiger partial charge in [-0.25, -0.2) is 4.98 Å². The van der Waals surface area contributed by atoms with E-state index in [4.69, 9.17) is 0 Å². The van der Waals surface area contributed by atoms with Gasteiger partial charge in [0, 0.05) is 38.6 Å². The highest BCUT2D eigenvalue weighted by atomic mass is 16.2. The van der Waals surface area contributed by atoms with Crippen molar-refractivity contribution < 1.29 is 4.79 Å². The molecule has 5 nitrogen and oxygen atoms in total. The third kappa shape index (κ3) is 4.50. The number of benzene rings is 1. The maximum absolute atomic E-state index is 12.6. The number of anilines is 3. The lowest BCUT2D eigenvalue weighted by Gasteiger charge is -2.19. The molecule has 25 heavy (non-hydrogen) atoms. The molecule has 0 atom stereocenters. The Balaban J connectivity index is 1.64. The lowest BCUT2D eigenvalue weighted by Crippen LogP contribution is -2.32. The third-order valence-corrected chi connectivity index (χ3v) is 4.55. The van der Waals surface area contributed by atoms with Crippen LogP contribution in [0.3, 0.4) is 0 Å². The predicted molar refractivity (Wildman–Crippen MR) is 103 cm³/mol. The fourth-order valence-electron chi connectivity index (χ4n) is 3.04. The lowest BCUT2D eigenvalue weighted by atomic mass is 10.2. The highest BCUT2D eigenvalue weighted by molar-refractivity contribution is 5.92. The van der Waals surface area contributed by atoms with Crippen LogP contribution in [0, 0.1) is 0 Å². The highest BCUT2D eigenvalue weighted by Gasteiger charge is 2.18. The number of pyridine rings is 1. The maximum Gasteiger partial charge on any atom is 0.272 e. The van der Waals surface area contributed by atoms with Crippen molar-refractivity contribution in [2.75, 3.05) is 37.4 Å². The zero-order chi connectivity index (χ0) is 17.6. The Bertz CT molecular complexity index is 687. The summed E-state index contributed by atoms with van der Waals surface area (Å²) in [6.07, 6.45) is 6.34. The van der Waals surface area contributed by atoms with Gasteiger partial charge in [0.1, 0.15) is 5.69 Å². The summed E-state index contributed by atoms with van der Waals surface area (Å²) in [5.74, 6) is 0.0452. The molecule has 1 fully saturated rings. The summed E-state index contributed by atoms with van der Waals surface area (Å²) in [7, 11) is 4.04. The van der Waals surface area contributed by atoms with Crippen LogP contribution < -0.4 is 10.2 Å². The first-order valence-corrected chi connectivity index (χ1v) is 8.93. The molecule has 0 radical (unpaired) electrons. The van der Waals surface area contributed by atoms with Crippen molar-refractivity contribution in [1.82, 2.24) is 9.88 Å². The Labute approximate surface area is 149 Å². The second kappa shape index (κ2) is 8.01. The molecule has 1 aromatic carbocycles. The topological polar surface area (TPSA) is 48.5 Å². The van der Waals surface area contributed by atoms with Crippen LogP contribution in [0.4, 0.5) is 17.1 Å². The fraction of sp³-hybridized carbons (Fsp3) is 0.400. The molecule has 1 saturated heterocycles. The summed E-state index contributed by atoms with van der Waals surface area (Å²) in [5.41, 5.74) is 3.56. The lowest BCUT2D eigenvalue weighted by molar-refractivity contribution is 0.0756. The Morgan fingerprint density at radius 1 is 0.960 bits per heavy atom. The van der Waals surface area contributed by atoms with Gasteiger partial charge >= 0.3 is 0 Å². The van der Waals surface area contributed by atoms with Crippen molar-refractivity contribution in [2.45, 2.75) is 25.7 Å². The normalized spacial score (nSPS) is 14.7. The number of rotatable bonds is 4. The number of carbonyl (C=O) groups excluding carboxylic acids is 1. The minimum absolute atomic E-state index is 0.0452. The second-order valence-corrected chi connectivity index (χ2v) is 6.70. The number of hydrogen-bond acceptors (Lipinski definition) is 4. The van der Waals surface area contributed by atoms with Crippen LogP contribution in [-0.2, 0) is 0 Å². The molecule has 1 amide bonds. The molecule has 2 heterocycles. The molecular formula is C20H26N4O. The second-order valence-electron chi connectivity index (χ2n) is 6.70. The van der Waals surface area contributed by atoms with Gasteiger partial charge in [0.15, 0.2) is 0 Å². The van der Waals surface area contributed by atoms with Crippen LogP contribution in [0.1, 0.15) is 36.2 Å². The van der Waals surface area contributed by atoms with Gasteiger partial charge < -0.3 is 15.1 Å². The number of nitrogens with one attached hydrogen (secondary N) is 1. The van der Waals surface area contributed by atoms with E-state index in [1.54, 1.807) is 6.20 Å². The summed E-state index contributed by atoms with van der Waals surface area (Å²) in [4.78, 5) is 20.9. The van der Waals surface area contributed by atoms with E-state index in [1.165, 1.54) is 12.8 Å². The Morgan fingerprint density at radius 2 is 1.60 bits per heavy atom. The van der Waals surface area contributed by atoms with Crippen LogP contribution in [0.5, 0.6) is 0 Å². The molecule has 0 spiro atoms. The Hall–Kier alpha value is -2.56. The number of carbonyl (C=O) groups is 1. The number of hydrogen-bond donors (Lipinski definition) is 1. The van der Waals surface area contributed by atoms with Gasteiger partial charge in [-0.05, 0) is 49.2 Å². The highest BCUT2D eigenvalue weighted by Crippen LogP contribution is 2.20. The van der Waals surface area contributed by atoms with E-state index in [0.29, 0.717) is 5.69 Å². The summed E-state index contributed by atoms with van der Waals surface area (Å²) in [6, 6.07) is 11.9. The quantitative estimate of drug-likeness (QED) is 0.918. The molecule has 0 aliphatic carbocycles. The maximum atomic E-state index is 12.6. The van der Waals surface area contributed by atoms with Crippen molar-refractivity contribution in [3.63, 3.8) is 0 Å². The van der Waals surface area contributed by atoms with Crippen LogP contribution >= 0.6 is 0 Å². The number of amides is 1. The van der Waals surface area contributed by atoms with Gasteiger partial charge in [0.05, 0.1) is 11.9 Å². The Kier molecular flexibility index (Phi) is 5.53. The molecule has 132 valence electrons. The van der Waals surface area contributed by atoms with Gasteiger partial charge in [0.25, 0.3) is 5.91 Å². The van der Waals surface area contributed by atoms with Gasteiger partial charge in [-0.3, -0.25) is 4.79 Å². The number of aromatic nitrogens is 1. The van der Waals surface area contributed by atoms with Crippen LogP contribution in [0.2, 0.25) is 0 Å². The molecule has 1 aliphatic rings. The predicted octanol–water partition coefficient (Wildman–Crippen LogP) is 3.91. The molecule has 5 heteroatoms. The molecular weight excluding hydrogens is 312 g/mol. The minimum Gasteiger partial charge on any atom is -0.378 e. The smallest absolute Gasteiger partial charge is 0.272 e. The van der Waals surface area contributed by atoms with Crippen molar-refractivity contribution in [3.8, 4) is 0 Å².